The number of ketones is 1. The summed E-state index contributed by atoms with van der Waals surface area (Å²) < 4.78 is 10.4. The number of Topliss-reactive ketones (excluding diaryl/α,β-unsaturated/α-hetero) is 1. The molecule has 2 aromatic rings. The molecule has 40 heavy (non-hydrogen) atoms. The van der Waals surface area contributed by atoms with Crippen LogP contribution in [0.5, 0.6) is 0 Å². The Kier molecular flexibility index (Phi) is 14.3. The molecule has 0 aliphatic carbocycles. The highest BCUT2D eigenvalue weighted by molar-refractivity contribution is 5.84. The fourth-order valence-corrected chi connectivity index (χ4v) is 3.80. The van der Waals surface area contributed by atoms with Gasteiger partial charge in [-0.15, -0.1) is 0 Å². The number of hydrogen-bond acceptors (Lipinski definition) is 5. The van der Waals surface area contributed by atoms with Crippen molar-refractivity contribution in [2.45, 2.75) is 108 Å². The summed E-state index contributed by atoms with van der Waals surface area (Å²) in [5.41, 5.74) is 5.18. The third kappa shape index (κ3) is 16.2. The second-order valence-electron chi connectivity index (χ2n) is 13.7. The zero-order valence-electron chi connectivity index (χ0n) is 26.6. The number of rotatable bonds is 11. The minimum absolute atomic E-state index is 0.0249. The summed E-state index contributed by atoms with van der Waals surface area (Å²) in [6.45, 7) is 21.3. The first-order valence-electron chi connectivity index (χ1n) is 14.5. The molecule has 0 fully saturated rings. The summed E-state index contributed by atoms with van der Waals surface area (Å²) >= 11 is 0. The van der Waals surface area contributed by atoms with Crippen LogP contribution in [-0.2, 0) is 49.9 Å². The minimum atomic E-state index is -0.312. The average molecular weight is 553 g/mol. The summed E-state index contributed by atoms with van der Waals surface area (Å²) in [5.74, 6) is -0.446. The molecule has 222 valence electrons. The van der Waals surface area contributed by atoms with Gasteiger partial charge in [-0.3, -0.25) is 14.4 Å². The maximum atomic E-state index is 11.6. The van der Waals surface area contributed by atoms with Gasteiger partial charge in [0, 0.05) is 12.3 Å². The normalized spacial score (nSPS) is 11.6. The van der Waals surface area contributed by atoms with Gasteiger partial charge in [0.15, 0.2) is 0 Å². The molecule has 0 spiro atoms. The lowest BCUT2D eigenvalue weighted by Gasteiger charge is -2.18. The Morgan fingerprint density at radius 3 is 1.30 bits per heavy atom. The van der Waals surface area contributed by atoms with E-state index in [1.54, 1.807) is 0 Å². The monoisotopic (exact) mass is 552 g/mol. The predicted molar refractivity (Wildman–Crippen MR) is 163 cm³/mol. The van der Waals surface area contributed by atoms with E-state index in [0.29, 0.717) is 12.0 Å². The van der Waals surface area contributed by atoms with Gasteiger partial charge in [-0.05, 0) is 45.9 Å². The van der Waals surface area contributed by atoms with Gasteiger partial charge in [0.2, 0.25) is 0 Å². The molecule has 0 atom stereocenters. The van der Waals surface area contributed by atoms with E-state index in [9.17, 15) is 14.4 Å². The van der Waals surface area contributed by atoms with E-state index in [1.807, 2.05) is 52.0 Å². The van der Waals surface area contributed by atoms with E-state index < -0.39 is 0 Å². The third-order valence-corrected chi connectivity index (χ3v) is 5.99. The van der Waals surface area contributed by atoms with Crippen molar-refractivity contribution in [3.8, 4) is 0 Å². The zero-order chi connectivity index (χ0) is 30.5. The van der Waals surface area contributed by atoms with Crippen molar-refractivity contribution in [3.05, 3.63) is 70.8 Å². The van der Waals surface area contributed by atoms with Crippen LogP contribution >= 0.6 is 0 Å². The predicted octanol–water partition coefficient (Wildman–Crippen LogP) is 8.30. The van der Waals surface area contributed by atoms with E-state index in [4.69, 9.17) is 9.47 Å². The van der Waals surface area contributed by atoms with Crippen LogP contribution in [0, 0.1) is 22.7 Å². The topological polar surface area (TPSA) is 69.7 Å². The molecular formula is C35H52O5. The first-order chi connectivity index (χ1) is 18.4. The van der Waals surface area contributed by atoms with Crippen LogP contribution in [0.3, 0.4) is 0 Å². The van der Waals surface area contributed by atoms with Crippen LogP contribution in [0.15, 0.2) is 48.5 Å². The summed E-state index contributed by atoms with van der Waals surface area (Å²) in [4.78, 5) is 34.4. The first kappa shape index (κ1) is 35.1. The molecule has 0 N–H and O–H groups in total. The zero-order valence-corrected chi connectivity index (χ0v) is 26.6. The molecule has 0 bridgehead atoms. The molecule has 0 heterocycles. The lowest BCUT2D eigenvalue weighted by Crippen LogP contribution is -2.11. The van der Waals surface area contributed by atoms with E-state index >= 15 is 0 Å². The molecule has 0 aliphatic rings. The molecule has 0 saturated heterocycles. The highest BCUT2D eigenvalue weighted by Gasteiger charge is 2.14. The maximum absolute atomic E-state index is 11.6. The van der Waals surface area contributed by atoms with Gasteiger partial charge >= 0.3 is 11.9 Å². The van der Waals surface area contributed by atoms with Crippen molar-refractivity contribution in [3.63, 3.8) is 0 Å². The van der Waals surface area contributed by atoms with Crippen molar-refractivity contribution in [2.75, 3.05) is 0 Å². The second-order valence-corrected chi connectivity index (χ2v) is 13.7. The lowest BCUT2D eigenvalue weighted by molar-refractivity contribution is -0.148. The van der Waals surface area contributed by atoms with Gasteiger partial charge < -0.3 is 9.47 Å². The van der Waals surface area contributed by atoms with Crippen molar-refractivity contribution in [2.24, 2.45) is 22.7 Å². The molecule has 0 radical (unpaired) electrons. The molecule has 0 amide bonds. The van der Waals surface area contributed by atoms with Gasteiger partial charge in [0.25, 0.3) is 0 Å². The van der Waals surface area contributed by atoms with Gasteiger partial charge in [-0.2, -0.15) is 0 Å². The molecule has 0 aliphatic heterocycles. The van der Waals surface area contributed by atoms with Gasteiger partial charge in [-0.25, -0.2) is 0 Å². The van der Waals surface area contributed by atoms with E-state index in [-0.39, 0.29) is 54.4 Å². The molecule has 5 heteroatoms. The highest BCUT2D eigenvalue weighted by atomic mass is 16.5. The Hall–Kier alpha value is -2.95. The van der Waals surface area contributed by atoms with E-state index in [1.165, 1.54) is 11.1 Å². The third-order valence-electron chi connectivity index (χ3n) is 5.99. The van der Waals surface area contributed by atoms with Crippen LogP contribution < -0.4 is 0 Å². The first-order valence-corrected chi connectivity index (χ1v) is 14.5. The van der Waals surface area contributed by atoms with Crippen molar-refractivity contribution in [1.82, 2.24) is 0 Å². The number of esters is 2. The van der Waals surface area contributed by atoms with Crippen molar-refractivity contribution in [1.29, 1.82) is 0 Å². The maximum Gasteiger partial charge on any atom is 0.308 e. The van der Waals surface area contributed by atoms with Gasteiger partial charge in [-0.1, -0.05) is 118 Å². The Bertz CT molecular complexity index is 1050. The Morgan fingerprint density at radius 2 is 0.950 bits per heavy atom. The van der Waals surface area contributed by atoms with Crippen LogP contribution in [-0.4, -0.2) is 17.7 Å². The Labute approximate surface area is 243 Å². The molecule has 2 aromatic carbocycles. The number of hydrogen-bond donors (Lipinski definition) is 0. The number of benzene rings is 2. The summed E-state index contributed by atoms with van der Waals surface area (Å²) in [6, 6.07) is 16.5. The largest absolute Gasteiger partial charge is 0.461 e. The molecular weight excluding hydrogens is 500 g/mol. The Morgan fingerprint density at radius 1 is 0.575 bits per heavy atom. The summed E-state index contributed by atoms with van der Waals surface area (Å²) in [7, 11) is 0. The van der Waals surface area contributed by atoms with E-state index in [0.717, 1.165) is 24.0 Å². The minimum Gasteiger partial charge on any atom is -0.461 e. The fourth-order valence-electron chi connectivity index (χ4n) is 3.80. The van der Waals surface area contributed by atoms with Crippen LogP contribution in [0.4, 0.5) is 0 Å². The average Bonchev–Trinajstić information content (AvgIpc) is 2.84. The summed E-state index contributed by atoms with van der Waals surface area (Å²) in [5, 5.41) is 0. The second kappa shape index (κ2) is 16.3. The van der Waals surface area contributed by atoms with Crippen LogP contribution in [0.25, 0.3) is 0 Å². The highest BCUT2D eigenvalue weighted by Crippen LogP contribution is 2.22. The molecule has 0 aromatic heterocycles. The van der Waals surface area contributed by atoms with Gasteiger partial charge in [0.1, 0.15) is 19.0 Å². The molecule has 0 unspecified atom stereocenters. The molecule has 0 saturated carbocycles. The summed E-state index contributed by atoms with van der Waals surface area (Å²) in [6.07, 6.45) is 2.50. The standard InChI is InChI=1S/C19H28O3.C16H24O2/c1-14(2)17(20)10-11-18(21)22-13-16-8-6-15(7-9-16)12-19(3,4)5;1-12(2)15(17)18-11-14-8-6-13(7-9-14)10-16(3,4)5/h6-9,14H,10-13H2,1-5H3;6-9,12H,10-11H2,1-5H3. The van der Waals surface area contributed by atoms with Crippen molar-refractivity contribution >= 4 is 17.7 Å². The smallest absolute Gasteiger partial charge is 0.308 e. The van der Waals surface area contributed by atoms with E-state index in [2.05, 4.69) is 65.8 Å². The Balaban J connectivity index is 0.000000408. The van der Waals surface area contributed by atoms with Crippen molar-refractivity contribution < 1.29 is 23.9 Å². The fraction of sp³-hybridized carbons (Fsp3) is 0.571. The lowest BCUT2D eigenvalue weighted by atomic mass is 9.88. The number of ether oxygens (including phenoxy) is 2. The molecule has 5 nitrogen and oxygen atoms in total. The number of carbonyl (C=O) groups excluding carboxylic acids is 3. The van der Waals surface area contributed by atoms with Gasteiger partial charge in [0.05, 0.1) is 12.3 Å². The van der Waals surface area contributed by atoms with Crippen LogP contribution in [0.1, 0.15) is 104 Å². The SMILES string of the molecule is CC(C)C(=O)CCC(=O)OCc1ccc(CC(C)(C)C)cc1.CC(C)C(=O)OCc1ccc(CC(C)(C)C)cc1. The number of carbonyl (C=O) groups is 3. The van der Waals surface area contributed by atoms with Crippen LogP contribution in [0.2, 0.25) is 0 Å². The quantitative estimate of drug-likeness (QED) is 0.262. The molecule has 2 rings (SSSR count).